The lowest BCUT2D eigenvalue weighted by Gasteiger charge is -2.30. The first kappa shape index (κ1) is 33.0. The zero-order valence-corrected chi connectivity index (χ0v) is 27.7. The number of hydrogen-bond donors (Lipinski definition) is 1. The summed E-state index contributed by atoms with van der Waals surface area (Å²) in [7, 11) is 0. The van der Waals surface area contributed by atoms with E-state index in [-0.39, 0.29) is 22.6 Å². The molecule has 0 bridgehead atoms. The molecule has 0 radical (unpaired) electrons. The lowest BCUT2D eigenvalue weighted by atomic mass is 9.76. The van der Waals surface area contributed by atoms with Gasteiger partial charge in [-0.25, -0.2) is 9.07 Å². The van der Waals surface area contributed by atoms with Gasteiger partial charge in [-0.05, 0) is 110 Å². The van der Waals surface area contributed by atoms with Crippen molar-refractivity contribution in [2.24, 2.45) is 0 Å². The van der Waals surface area contributed by atoms with Gasteiger partial charge in [-0.2, -0.15) is 5.10 Å². The lowest BCUT2D eigenvalue weighted by Crippen LogP contribution is -2.27. The summed E-state index contributed by atoms with van der Waals surface area (Å²) in [5.41, 5.74) is 7.45. The van der Waals surface area contributed by atoms with Crippen molar-refractivity contribution < 1.29 is 13.9 Å². The van der Waals surface area contributed by atoms with Crippen LogP contribution in [0.15, 0.2) is 66.7 Å². The topological polar surface area (TPSA) is 56.1 Å². The Morgan fingerprint density at radius 2 is 1.59 bits per heavy atom. The van der Waals surface area contributed by atoms with Gasteiger partial charge in [0.05, 0.1) is 18.0 Å². The summed E-state index contributed by atoms with van der Waals surface area (Å²) in [6.07, 6.45) is 3.68. The quantitative estimate of drug-likeness (QED) is 0.156. The number of carbonyl (C=O) groups excluding carboxylic acids is 1. The van der Waals surface area contributed by atoms with E-state index in [1.54, 1.807) is 22.9 Å². The summed E-state index contributed by atoms with van der Waals surface area (Å²) in [6.45, 7) is 18.7. The van der Waals surface area contributed by atoms with E-state index in [1.807, 2.05) is 32.0 Å². The molecule has 6 heteroatoms. The standard InChI is InChI=1S/C38H48FN3O2/c1-9-37(5,6)29-17-20-35(31(24-29)38(7,8)10-2)44-22-12-11-21-40-36(43)34-25-32(28-15-18-30(39)19-16-28)41-42(34)33-23-26(3)13-14-27(33)4/h13-20,23-25H,9-12,21-22H2,1-8H3,(H,40,43). The fourth-order valence-corrected chi connectivity index (χ4v) is 5.14. The molecule has 4 aromatic rings. The molecule has 0 spiro atoms. The molecule has 0 aliphatic heterocycles. The number of aryl methyl sites for hydroxylation is 2. The van der Waals surface area contributed by atoms with Crippen LogP contribution in [0.4, 0.5) is 4.39 Å². The molecule has 0 saturated carbocycles. The molecule has 4 rings (SSSR count). The van der Waals surface area contributed by atoms with E-state index in [1.165, 1.54) is 23.3 Å². The predicted molar refractivity (Wildman–Crippen MR) is 179 cm³/mol. The molecule has 0 fully saturated rings. The third kappa shape index (κ3) is 7.58. The molecular formula is C38H48FN3O2. The Bertz CT molecular complexity index is 1580. The second-order valence-corrected chi connectivity index (χ2v) is 13.1. The van der Waals surface area contributed by atoms with Crippen molar-refractivity contribution in [1.29, 1.82) is 0 Å². The maximum atomic E-state index is 13.6. The van der Waals surface area contributed by atoms with E-state index in [4.69, 9.17) is 9.84 Å². The van der Waals surface area contributed by atoms with Crippen molar-refractivity contribution in [3.05, 3.63) is 100 Å². The first-order valence-corrected chi connectivity index (χ1v) is 15.9. The smallest absolute Gasteiger partial charge is 0.270 e. The van der Waals surface area contributed by atoms with Crippen LogP contribution in [0.5, 0.6) is 5.75 Å². The molecule has 0 aliphatic rings. The molecule has 1 aromatic heterocycles. The second kappa shape index (κ2) is 13.8. The van der Waals surface area contributed by atoms with Crippen LogP contribution in [0.25, 0.3) is 16.9 Å². The zero-order chi connectivity index (χ0) is 32.1. The molecule has 1 amide bonds. The number of unbranched alkanes of at least 4 members (excludes halogenated alkanes) is 1. The van der Waals surface area contributed by atoms with Crippen LogP contribution in [0.2, 0.25) is 0 Å². The SMILES string of the molecule is CCC(C)(C)c1ccc(OCCCCNC(=O)c2cc(-c3ccc(F)cc3)nn2-c2cc(C)ccc2C)c(C(C)(C)CC)c1. The number of aromatic nitrogens is 2. The Labute approximate surface area is 262 Å². The van der Waals surface area contributed by atoms with Gasteiger partial charge >= 0.3 is 0 Å². The maximum absolute atomic E-state index is 13.6. The van der Waals surface area contributed by atoms with Gasteiger partial charge in [-0.15, -0.1) is 0 Å². The van der Waals surface area contributed by atoms with Gasteiger partial charge in [0.2, 0.25) is 0 Å². The van der Waals surface area contributed by atoms with Crippen molar-refractivity contribution in [1.82, 2.24) is 15.1 Å². The highest BCUT2D eigenvalue weighted by Crippen LogP contribution is 2.38. The van der Waals surface area contributed by atoms with Gasteiger partial charge in [0.25, 0.3) is 5.91 Å². The molecule has 5 nitrogen and oxygen atoms in total. The van der Waals surface area contributed by atoms with Gasteiger partial charge in [-0.1, -0.05) is 65.8 Å². The number of halogens is 1. The Hall–Kier alpha value is -3.93. The highest BCUT2D eigenvalue weighted by Gasteiger charge is 2.26. The number of nitrogens with zero attached hydrogens (tertiary/aromatic N) is 2. The third-order valence-electron chi connectivity index (χ3n) is 9.05. The monoisotopic (exact) mass is 597 g/mol. The fourth-order valence-electron chi connectivity index (χ4n) is 5.14. The second-order valence-electron chi connectivity index (χ2n) is 13.1. The summed E-state index contributed by atoms with van der Waals surface area (Å²) in [5.74, 6) is 0.434. The highest BCUT2D eigenvalue weighted by atomic mass is 19.1. The van der Waals surface area contributed by atoms with Crippen molar-refractivity contribution in [2.75, 3.05) is 13.2 Å². The van der Waals surface area contributed by atoms with Crippen molar-refractivity contribution >= 4 is 5.91 Å². The fraction of sp³-hybridized carbons (Fsp3) is 0.421. The first-order valence-electron chi connectivity index (χ1n) is 15.9. The normalized spacial score (nSPS) is 11.9. The van der Waals surface area contributed by atoms with Crippen molar-refractivity contribution in [3.63, 3.8) is 0 Å². The molecule has 0 saturated heterocycles. The predicted octanol–water partition coefficient (Wildman–Crippen LogP) is 9.26. The average Bonchev–Trinajstić information content (AvgIpc) is 3.45. The molecule has 44 heavy (non-hydrogen) atoms. The average molecular weight is 598 g/mol. The van der Waals surface area contributed by atoms with E-state index in [9.17, 15) is 9.18 Å². The molecule has 1 N–H and O–H groups in total. The van der Waals surface area contributed by atoms with E-state index in [0.717, 1.165) is 53.8 Å². The molecule has 234 valence electrons. The molecule has 0 aliphatic carbocycles. The summed E-state index contributed by atoms with van der Waals surface area (Å²) in [6, 6.07) is 20.7. The van der Waals surface area contributed by atoms with Crippen LogP contribution < -0.4 is 10.1 Å². The van der Waals surface area contributed by atoms with E-state index < -0.39 is 0 Å². The van der Waals surface area contributed by atoms with Gasteiger partial charge in [0.15, 0.2) is 0 Å². The molecule has 0 unspecified atom stereocenters. The first-order chi connectivity index (χ1) is 20.9. The number of ether oxygens (including phenoxy) is 1. The largest absolute Gasteiger partial charge is 0.493 e. The van der Waals surface area contributed by atoms with Crippen LogP contribution in [-0.4, -0.2) is 28.8 Å². The highest BCUT2D eigenvalue weighted by molar-refractivity contribution is 5.94. The van der Waals surface area contributed by atoms with Crippen LogP contribution in [0, 0.1) is 19.7 Å². The number of rotatable bonds is 13. The molecule has 3 aromatic carbocycles. The Balaban J connectivity index is 1.43. The van der Waals surface area contributed by atoms with Crippen LogP contribution in [0.3, 0.4) is 0 Å². The van der Waals surface area contributed by atoms with E-state index >= 15 is 0 Å². The minimum atomic E-state index is -0.313. The van der Waals surface area contributed by atoms with Gasteiger partial charge < -0.3 is 10.1 Å². The van der Waals surface area contributed by atoms with Crippen molar-refractivity contribution in [2.45, 2.75) is 91.9 Å². The minimum Gasteiger partial charge on any atom is -0.493 e. The summed E-state index contributed by atoms with van der Waals surface area (Å²) < 4.78 is 21.6. The number of benzene rings is 3. The Kier molecular flexibility index (Phi) is 10.3. The summed E-state index contributed by atoms with van der Waals surface area (Å²) in [5, 5.41) is 7.85. The van der Waals surface area contributed by atoms with Gasteiger partial charge in [0, 0.05) is 17.7 Å². The Morgan fingerprint density at radius 1 is 0.886 bits per heavy atom. The summed E-state index contributed by atoms with van der Waals surface area (Å²) >= 11 is 0. The lowest BCUT2D eigenvalue weighted by molar-refractivity contribution is 0.0944. The minimum absolute atomic E-state index is 0.00844. The van der Waals surface area contributed by atoms with Crippen LogP contribution in [-0.2, 0) is 10.8 Å². The number of carbonyl (C=O) groups is 1. The van der Waals surface area contributed by atoms with E-state index in [0.29, 0.717) is 24.5 Å². The summed E-state index contributed by atoms with van der Waals surface area (Å²) in [4.78, 5) is 13.5. The zero-order valence-electron chi connectivity index (χ0n) is 27.7. The third-order valence-corrected chi connectivity index (χ3v) is 9.05. The van der Waals surface area contributed by atoms with Gasteiger partial charge in [-0.3, -0.25) is 4.79 Å². The van der Waals surface area contributed by atoms with E-state index in [2.05, 4.69) is 65.1 Å². The number of hydrogen-bond acceptors (Lipinski definition) is 3. The number of amides is 1. The number of nitrogens with one attached hydrogen (secondary N) is 1. The molecule has 0 atom stereocenters. The Morgan fingerprint density at radius 3 is 2.27 bits per heavy atom. The van der Waals surface area contributed by atoms with Crippen LogP contribution >= 0.6 is 0 Å². The molecular weight excluding hydrogens is 549 g/mol. The molecule has 1 heterocycles. The van der Waals surface area contributed by atoms with Crippen LogP contribution in [0.1, 0.15) is 100.0 Å². The maximum Gasteiger partial charge on any atom is 0.270 e. The van der Waals surface area contributed by atoms with Crippen molar-refractivity contribution in [3.8, 4) is 22.7 Å². The van der Waals surface area contributed by atoms with Gasteiger partial charge in [0.1, 0.15) is 17.3 Å².